The van der Waals surface area contributed by atoms with Crippen LogP contribution in [0, 0.1) is 23.2 Å². The molecule has 10 heteroatoms. The van der Waals surface area contributed by atoms with E-state index < -0.39 is 23.3 Å². The van der Waals surface area contributed by atoms with Crippen LogP contribution in [0.3, 0.4) is 0 Å². The van der Waals surface area contributed by atoms with Crippen molar-refractivity contribution in [1.29, 1.82) is 0 Å². The Morgan fingerprint density at radius 2 is 1.78 bits per heavy atom. The first-order valence-electron chi connectivity index (χ1n) is 19.3. The number of aliphatic hydroxyl groups is 1. The number of ether oxygens (including phenoxy) is 2. The van der Waals surface area contributed by atoms with Crippen molar-refractivity contribution < 1.29 is 33.8 Å². The molecule has 51 heavy (non-hydrogen) atoms. The summed E-state index contributed by atoms with van der Waals surface area (Å²) in [6, 6.07) is 0. The summed E-state index contributed by atoms with van der Waals surface area (Å²) >= 11 is 0. The van der Waals surface area contributed by atoms with Crippen LogP contribution in [0.15, 0.2) is 47.6 Å². The number of nitrogens with one attached hydrogen (secondary N) is 2. The molecule has 1 aliphatic heterocycles. The Labute approximate surface area is 305 Å². The Hall–Kier alpha value is -3.08. The largest absolute Gasteiger partial charge is 0.390 e. The Kier molecular flexibility index (Phi) is 15.3. The average molecular weight is 710 g/mol. The van der Waals surface area contributed by atoms with E-state index in [0.717, 1.165) is 61.5 Å². The van der Waals surface area contributed by atoms with Gasteiger partial charge in [-0.05, 0) is 107 Å². The normalized spacial score (nSPS) is 27.4. The van der Waals surface area contributed by atoms with Crippen molar-refractivity contribution >= 4 is 23.6 Å². The molecule has 10 nitrogen and oxygen atoms in total. The minimum Gasteiger partial charge on any atom is -0.390 e. The average Bonchev–Trinajstić information content (AvgIpc) is 3.59. The second-order valence-corrected chi connectivity index (χ2v) is 16.1. The van der Waals surface area contributed by atoms with Crippen LogP contribution in [0.2, 0.25) is 0 Å². The van der Waals surface area contributed by atoms with Gasteiger partial charge in [0.25, 0.3) is 11.8 Å². The molecule has 0 radical (unpaired) electrons. The van der Waals surface area contributed by atoms with Crippen LogP contribution < -0.4 is 10.6 Å². The molecule has 0 bridgehead atoms. The number of carbonyl (C=O) groups is 4. The molecular formula is C41H63N3O7. The van der Waals surface area contributed by atoms with Crippen LogP contribution >= 0.6 is 0 Å². The lowest BCUT2D eigenvalue weighted by molar-refractivity contribution is -0.141. The van der Waals surface area contributed by atoms with Gasteiger partial charge in [0, 0.05) is 38.3 Å². The van der Waals surface area contributed by atoms with E-state index in [1.807, 2.05) is 13.8 Å². The number of allylic oxidation sites excluding steroid dienone is 4. The van der Waals surface area contributed by atoms with Crippen molar-refractivity contribution in [2.75, 3.05) is 39.5 Å². The van der Waals surface area contributed by atoms with Crippen molar-refractivity contribution in [3.63, 3.8) is 0 Å². The van der Waals surface area contributed by atoms with Crippen LogP contribution in [-0.4, -0.2) is 84.8 Å². The number of rotatable bonds is 19. The molecule has 1 heterocycles. The zero-order valence-corrected chi connectivity index (χ0v) is 31.6. The lowest BCUT2D eigenvalue weighted by atomic mass is 9.60. The zero-order valence-electron chi connectivity index (χ0n) is 31.6. The minimum atomic E-state index is -0.576. The Bertz CT molecular complexity index is 1330. The van der Waals surface area contributed by atoms with Crippen LogP contribution in [-0.2, 0) is 28.7 Å². The topological polar surface area (TPSA) is 134 Å². The summed E-state index contributed by atoms with van der Waals surface area (Å²) in [5.41, 5.74) is 3.94. The van der Waals surface area contributed by atoms with Gasteiger partial charge in [-0.25, -0.2) is 0 Å². The molecule has 3 fully saturated rings. The first-order valence-corrected chi connectivity index (χ1v) is 19.3. The number of imide groups is 1. The SMILES string of the molecule is C=C1CC[C@H](OCCCNC(=O)CCOCCNC(=O)CN2C(=O)C=CC2=O)C/C1=C/C=C1\CCC[C@]2(C)[C@@H]([C@H](C)CCCC(C)(C)O)CC[C@@H]12. The molecule has 284 valence electrons. The van der Waals surface area contributed by atoms with E-state index in [4.69, 9.17) is 9.47 Å². The van der Waals surface area contributed by atoms with E-state index in [0.29, 0.717) is 30.4 Å². The molecule has 0 saturated heterocycles. The molecule has 0 aromatic carbocycles. The van der Waals surface area contributed by atoms with Gasteiger partial charge in [0.15, 0.2) is 0 Å². The number of hydrogen-bond acceptors (Lipinski definition) is 7. The summed E-state index contributed by atoms with van der Waals surface area (Å²) in [6.07, 6.45) is 20.5. The molecule has 3 saturated carbocycles. The summed E-state index contributed by atoms with van der Waals surface area (Å²) < 4.78 is 11.7. The first-order chi connectivity index (χ1) is 24.3. The van der Waals surface area contributed by atoms with Gasteiger partial charge >= 0.3 is 0 Å². The van der Waals surface area contributed by atoms with Crippen molar-refractivity contribution in [2.45, 2.75) is 123 Å². The van der Waals surface area contributed by atoms with Gasteiger partial charge in [-0.3, -0.25) is 24.1 Å². The number of fused-ring (bicyclic) bond motifs is 1. The molecule has 4 aliphatic rings. The van der Waals surface area contributed by atoms with Crippen LogP contribution in [0.1, 0.15) is 111 Å². The van der Waals surface area contributed by atoms with Crippen molar-refractivity contribution in [3.05, 3.63) is 47.6 Å². The molecule has 3 N–H and O–H groups in total. The zero-order chi connectivity index (χ0) is 37.0. The van der Waals surface area contributed by atoms with E-state index in [2.05, 4.69) is 43.2 Å². The maximum atomic E-state index is 12.2. The number of carbonyl (C=O) groups excluding carboxylic acids is 4. The molecule has 0 unspecified atom stereocenters. The van der Waals surface area contributed by atoms with Gasteiger partial charge in [-0.2, -0.15) is 0 Å². The predicted octanol–water partition coefficient (Wildman–Crippen LogP) is 5.71. The second kappa shape index (κ2) is 19.1. The summed E-state index contributed by atoms with van der Waals surface area (Å²) in [7, 11) is 0. The summed E-state index contributed by atoms with van der Waals surface area (Å²) in [4.78, 5) is 48.0. The van der Waals surface area contributed by atoms with Gasteiger partial charge in [0.2, 0.25) is 11.8 Å². The van der Waals surface area contributed by atoms with Gasteiger partial charge in [-0.1, -0.05) is 56.6 Å². The maximum Gasteiger partial charge on any atom is 0.254 e. The first kappa shape index (κ1) is 40.7. The fourth-order valence-electron chi connectivity index (χ4n) is 8.75. The summed E-state index contributed by atoms with van der Waals surface area (Å²) in [5, 5.41) is 15.7. The highest BCUT2D eigenvalue weighted by molar-refractivity contribution is 6.14. The second-order valence-electron chi connectivity index (χ2n) is 16.1. The third-order valence-electron chi connectivity index (χ3n) is 11.6. The molecule has 0 aromatic rings. The summed E-state index contributed by atoms with van der Waals surface area (Å²) in [6.45, 7) is 14.7. The quantitative estimate of drug-likeness (QED) is 0.116. The molecule has 3 aliphatic carbocycles. The monoisotopic (exact) mass is 709 g/mol. The maximum absolute atomic E-state index is 12.2. The number of nitrogens with zero attached hydrogens (tertiary/aromatic N) is 1. The standard InChI is InChI=1S/C41H63N3O7/c1-29-11-14-33(51-24-8-22-42-36(45)19-25-50-26-23-43-37(46)28-44-38(47)17-18-39(44)48)27-32(29)13-12-31-10-7-21-41(5)34(15-16-35(31)41)30(2)9-6-20-40(3,4)49/h12-13,17-18,30,33-35,49H,1,6-11,14-16,19-28H2,2-5H3,(H,42,45)(H,43,46)/b31-12+,32-13-/t30-,33+,34-,35+,41-/m1/s1. The van der Waals surface area contributed by atoms with Crippen molar-refractivity contribution in [1.82, 2.24) is 15.5 Å². The number of amides is 4. The molecule has 0 spiro atoms. The highest BCUT2D eigenvalue weighted by atomic mass is 16.5. The Morgan fingerprint density at radius 3 is 2.53 bits per heavy atom. The van der Waals surface area contributed by atoms with E-state index in [1.54, 1.807) is 5.57 Å². The fraction of sp³-hybridized carbons (Fsp3) is 0.707. The van der Waals surface area contributed by atoms with Gasteiger partial charge in [0.05, 0.1) is 24.9 Å². The third kappa shape index (κ3) is 12.2. The number of hydrogen-bond donors (Lipinski definition) is 3. The van der Waals surface area contributed by atoms with Gasteiger partial charge in [-0.15, -0.1) is 0 Å². The molecule has 0 aromatic heterocycles. The molecule has 4 amide bonds. The van der Waals surface area contributed by atoms with E-state index in [1.165, 1.54) is 49.7 Å². The van der Waals surface area contributed by atoms with E-state index in [-0.39, 0.29) is 44.7 Å². The molecule has 4 rings (SSSR count). The van der Waals surface area contributed by atoms with Crippen molar-refractivity contribution in [3.8, 4) is 0 Å². The van der Waals surface area contributed by atoms with Gasteiger partial charge < -0.3 is 25.2 Å². The Balaban J connectivity index is 1.10. The summed E-state index contributed by atoms with van der Waals surface area (Å²) in [5.74, 6) is 0.552. The Morgan fingerprint density at radius 1 is 1.04 bits per heavy atom. The highest BCUT2D eigenvalue weighted by Gasteiger charge is 2.50. The van der Waals surface area contributed by atoms with Gasteiger partial charge in [0.1, 0.15) is 6.54 Å². The van der Waals surface area contributed by atoms with Crippen molar-refractivity contribution in [2.24, 2.45) is 23.2 Å². The minimum absolute atomic E-state index is 0.0996. The van der Waals surface area contributed by atoms with E-state index >= 15 is 0 Å². The van der Waals surface area contributed by atoms with E-state index in [9.17, 15) is 24.3 Å². The third-order valence-corrected chi connectivity index (χ3v) is 11.6. The van der Waals surface area contributed by atoms with Crippen LogP contribution in [0.25, 0.3) is 0 Å². The fourth-order valence-corrected chi connectivity index (χ4v) is 8.75. The lowest BCUT2D eigenvalue weighted by Crippen LogP contribution is -2.41. The highest BCUT2D eigenvalue weighted by Crippen LogP contribution is 2.60. The smallest absolute Gasteiger partial charge is 0.254 e. The van der Waals surface area contributed by atoms with Crippen LogP contribution in [0.5, 0.6) is 0 Å². The lowest BCUT2D eigenvalue weighted by Gasteiger charge is -2.44. The molecule has 5 atom stereocenters. The van der Waals surface area contributed by atoms with Crippen LogP contribution in [0.4, 0.5) is 0 Å². The molecular weight excluding hydrogens is 646 g/mol. The predicted molar refractivity (Wildman–Crippen MR) is 198 cm³/mol.